The fourth-order valence-electron chi connectivity index (χ4n) is 5.72. The third-order valence-electron chi connectivity index (χ3n) is 8.75. The zero-order valence-corrected chi connectivity index (χ0v) is 29.9. The van der Waals surface area contributed by atoms with Gasteiger partial charge in [0.1, 0.15) is 0 Å². The third-order valence-corrected chi connectivity index (χ3v) is 8.75. The summed E-state index contributed by atoms with van der Waals surface area (Å²) in [7, 11) is 0. The maximum atomic E-state index is 13.5. The minimum absolute atomic E-state index is 0.0832. The van der Waals surface area contributed by atoms with Gasteiger partial charge in [-0.15, -0.1) is 0 Å². The van der Waals surface area contributed by atoms with E-state index in [0.29, 0.717) is 13.3 Å². The first-order chi connectivity index (χ1) is 22.5. The van der Waals surface area contributed by atoms with Crippen molar-refractivity contribution in [2.24, 2.45) is 0 Å². The Morgan fingerprint density at radius 3 is 1.13 bits per heavy atom. The molecule has 2 rings (SSSR count). The van der Waals surface area contributed by atoms with Gasteiger partial charge in [-0.05, 0) is 74.2 Å². The number of amides is 2. The molecular formula is C40H66N4O2. The molecule has 6 nitrogen and oxygen atoms in total. The first kappa shape index (κ1) is 39.5. The van der Waals surface area contributed by atoms with Crippen molar-refractivity contribution in [1.29, 1.82) is 0 Å². The molecule has 0 aliphatic carbocycles. The van der Waals surface area contributed by atoms with Crippen molar-refractivity contribution in [2.45, 2.75) is 130 Å². The Morgan fingerprint density at radius 2 is 0.783 bits per heavy atom. The van der Waals surface area contributed by atoms with E-state index in [-0.39, 0.29) is 11.8 Å². The summed E-state index contributed by atoms with van der Waals surface area (Å²) >= 11 is 0. The van der Waals surface area contributed by atoms with E-state index in [2.05, 4.69) is 38.3 Å². The van der Waals surface area contributed by atoms with Gasteiger partial charge >= 0.3 is 0 Å². The topological polar surface area (TPSA) is 64.7 Å². The summed E-state index contributed by atoms with van der Waals surface area (Å²) in [6, 6.07) is 15.9. The second-order valence-electron chi connectivity index (χ2n) is 12.9. The fourth-order valence-corrected chi connectivity index (χ4v) is 5.72. The van der Waals surface area contributed by atoms with Gasteiger partial charge in [-0.1, -0.05) is 129 Å². The predicted octanol–water partition coefficient (Wildman–Crippen LogP) is 9.65. The molecule has 0 radical (unpaired) electrons. The highest BCUT2D eigenvalue weighted by Gasteiger charge is 2.17. The second kappa shape index (κ2) is 25.4. The summed E-state index contributed by atoms with van der Waals surface area (Å²) in [5.41, 5.74) is 3.53. The Kier molecular flexibility index (Phi) is 21.8. The van der Waals surface area contributed by atoms with Gasteiger partial charge in [-0.2, -0.15) is 0 Å². The number of nitrogens with zero attached hydrogens (tertiary/aromatic N) is 2. The van der Waals surface area contributed by atoms with Crippen LogP contribution < -0.4 is 10.6 Å². The standard InChI is InChI=1S/C40H66N4O2/c1-5-9-13-15-17-29-41-33-43(31-19-11-7-3)39(45)37-25-21-35(22-26-37)36-23-27-38(28-24-36)40(46)44(32-20-12-8-4)34-42-30-18-16-14-10-6-2/h21-28,41-42H,5-20,29-34H2,1-4H3. The molecule has 0 fully saturated rings. The molecular weight excluding hydrogens is 568 g/mol. The highest BCUT2D eigenvalue weighted by Crippen LogP contribution is 2.22. The van der Waals surface area contributed by atoms with Crippen LogP contribution in [0.1, 0.15) is 151 Å². The zero-order valence-electron chi connectivity index (χ0n) is 29.9. The molecule has 0 heterocycles. The van der Waals surface area contributed by atoms with Crippen LogP contribution in [0.2, 0.25) is 0 Å². The van der Waals surface area contributed by atoms with Crippen LogP contribution >= 0.6 is 0 Å². The highest BCUT2D eigenvalue weighted by molar-refractivity contribution is 5.95. The van der Waals surface area contributed by atoms with Crippen LogP contribution in [0.4, 0.5) is 0 Å². The Hall–Kier alpha value is -2.70. The monoisotopic (exact) mass is 635 g/mol. The van der Waals surface area contributed by atoms with E-state index in [1.165, 1.54) is 51.4 Å². The average molecular weight is 635 g/mol. The van der Waals surface area contributed by atoms with Crippen LogP contribution in [0.5, 0.6) is 0 Å². The smallest absolute Gasteiger partial charge is 0.254 e. The van der Waals surface area contributed by atoms with Gasteiger partial charge in [-0.25, -0.2) is 0 Å². The Balaban J connectivity index is 1.98. The van der Waals surface area contributed by atoms with Gasteiger partial charge in [0, 0.05) is 24.2 Å². The first-order valence-electron chi connectivity index (χ1n) is 18.8. The van der Waals surface area contributed by atoms with Gasteiger partial charge in [0.05, 0.1) is 13.3 Å². The molecule has 2 amide bonds. The van der Waals surface area contributed by atoms with Gasteiger partial charge in [0.25, 0.3) is 11.8 Å². The van der Waals surface area contributed by atoms with E-state index < -0.39 is 0 Å². The summed E-state index contributed by atoms with van der Waals surface area (Å²) in [6.07, 6.45) is 19.1. The minimum atomic E-state index is 0.0832. The lowest BCUT2D eigenvalue weighted by atomic mass is 10.0. The van der Waals surface area contributed by atoms with Crippen LogP contribution in [0.15, 0.2) is 48.5 Å². The normalized spacial score (nSPS) is 11.1. The number of carbonyl (C=O) groups is 2. The number of carbonyl (C=O) groups excluding carboxylic acids is 2. The summed E-state index contributed by atoms with van der Waals surface area (Å²) in [5.74, 6) is 0.166. The molecule has 0 aliphatic rings. The minimum Gasteiger partial charge on any atom is -0.326 e. The van der Waals surface area contributed by atoms with E-state index in [1.54, 1.807) is 0 Å². The number of nitrogens with one attached hydrogen (secondary N) is 2. The van der Waals surface area contributed by atoms with E-state index in [1.807, 2.05) is 58.3 Å². The van der Waals surface area contributed by atoms with E-state index in [0.717, 1.165) is 99.8 Å². The van der Waals surface area contributed by atoms with Gasteiger partial charge in [-0.3, -0.25) is 20.2 Å². The van der Waals surface area contributed by atoms with Crippen molar-refractivity contribution in [3.63, 3.8) is 0 Å². The summed E-state index contributed by atoms with van der Waals surface area (Å²) < 4.78 is 0. The Bertz CT molecular complexity index is 968. The van der Waals surface area contributed by atoms with Crippen LogP contribution in [-0.4, -0.2) is 61.1 Å². The summed E-state index contributed by atoms with van der Waals surface area (Å²) in [4.78, 5) is 30.8. The summed E-state index contributed by atoms with van der Waals surface area (Å²) in [6.45, 7) is 13.5. The first-order valence-corrected chi connectivity index (χ1v) is 18.8. The molecule has 0 aliphatic heterocycles. The molecule has 2 aromatic carbocycles. The zero-order chi connectivity index (χ0) is 33.2. The molecule has 258 valence electrons. The lowest BCUT2D eigenvalue weighted by Gasteiger charge is -2.24. The Labute approximate surface area is 282 Å². The van der Waals surface area contributed by atoms with Gasteiger partial charge < -0.3 is 9.80 Å². The van der Waals surface area contributed by atoms with E-state index >= 15 is 0 Å². The van der Waals surface area contributed by atoms with Crippen molar-refractivity contribution in [3.05, 3.63) is 59.7 Å². The van der Waals surface area contributed by atoms with E-state index in [9.17, 15) is 9.59 Å². The lowest BCUT2D eigenvalue weighted by Crippen LogP contribution is -2.40. The fraction of sp³-hybridized carbons (Fsp3) is 0.650. The van der Waals surface area contributed by atoms with Gasteiger partial charge in [0.15, 0.2) is 0 Å². The second-order valence-corrected chi connectivity index (χ2v) is 12.9. The molecule has 0 atom stereocenters. The quantitative estimate of drug-likeness (QED) is 0.0759. The largest absolute Gasteiger partial charge is 0.326 e. The molecule has 2 N–H and O–H groups in total. The van der Waals surface area contributed by atoms with Crippen molar-refractivity contribution in [3.8, 4) is 11.1 Å². The number of benzene rings is 2. The molecule has 0 aromatic heterocycles. The van der Waals surface area contributed by atoms with Crippen LogP contribution in [0, 0.1) is 0 Å². The number of rotatable bonds is 27. The lowest BCUT2D eigenvalue weighted by molar-refractivity contribution is 0.0731. The van der Waals surface area contributed by atoms with Crippen molar-refractivity contribution >= 4 is 11.8 Å². The highest BCUT2D eigenvalue weighted by atomic mass is 16.2. The van der Waals surface area contributed by atoms with Crippen molar-refractivity contribution in [1.82, 2.24) is 20.4 Å². The molecule has 46 heavy (non-hydrogen) atoms. The average Bonchev–Trinajstić information content (AvgIpc) is 3.09. The number of hydrogen-bond acceptors (Lipinski definition) is 4. The van der Waals surface area contributed by atoms with Crippen molar-refractivity contribution in [2.75, 3.05) is 39.5 Å². The molecule has 6 heteroatoms. The predicted molar refractivity (Wildman–Crippen MR) is 196 cm³/mol. The number of hydrogen-bond donors (Lipinski definition) is 2. The summed E-state index contributed by atoms with van der Waals surface area (Å²) in [5, 5.41) is 7.01. The molecule has 0 saturated heterocycles. The number of unbranched alkanes of at least 4 members (excludes halogenated alkanes) is 12. The SMILES string of the molecule is CCCCCCCNCN(CCCCC)C(=O)c1ccc(-c2ccc(C(=O)N(CCCCC)CNCCCCCCC)cc2)cc1. The van der Waals surface area contributed by atoms with Crippen LogP contribution in [0.25, 0.3) is 11.1 Å². The van der Waals surface area contributed by atoms with Crippen LogP contribution in [0.3, 0.4) is 0 Å². The molecule has 0 bridgehead atoms. The molecule has 2 aromatic rings. The maximum absolute atomic E-state index is 13.5. The van der Waals surface area contributed by atoms with Crippen LogP contribution in [-0.2, 0) is 0 Å². The van der Waals surface area contributed by atoms with E-state index in [4.69, 9.17) is 0 Å². The molecule has 0 spiro atoms. The molecule has 0 unspecified atom stereocenters. The molecule has 0 saturated carbocycles. The Morgan fingerprint density at radius 1 is 0.457 bits per heavy atom. The maximum Gasteiger partial charge on any atom is 0.254 e. The third kappa shape index (κ3) is 15.7. The van der Waals surface area contributed by atoms with Crippen molar-refractivity contribution < 1.29 is 9.59 Å². The van der Waals surface area contributed by atoms with Gasteiger partial charge in [0.2, 0.25) is 0 Å².